The minimum atomic E-state index is -0.126. The van der Waals surface area contributed by atoms with Gasteiger partial charge in [0, 0.05) is 10.8 Å². The number of carbonyl (C=O) groups is 1. The third-order valence-corrected chi connectivity index (χ3v) is 5.81. The first-order valence-electron chi connectivity index (χ1n) is 6.02. The van der Waals surface area contributed by atoms with Gasteiger partial charge in [0.05, 0.1) is 10.8 Å². The third kappa shape index (κ3) is 0.422. The molecule has 0 radical (unpaired) electrons. The highest BCUT2D eigenvalue weighted by Crippen LogP contribution is 2.96. The number of ketones is 1. The van der Waals surface area contributed by atoms with E-state index in [4.69, 9.17) is 0 Å². The smallest absolute Gasteiger partial charge is 0.154 e. The van der Waals surface area contributed by atoms with Crippen molar-refractivity contribution in [2.24, 2.45) is 21.7 Å². The van der Waals surface area contributed by atoms with E-state index in [1.165, 1.54) is 0 Å². The second-order valence-electron chi connectivity index (χ2n) is 6.00. The van der Waals surface area contributed by atoms with Gasteiger partial charge < -0.3 is 0 Å². The molecule has 1 nitrogen and oxygen atoms in total. The molecule has 16 heavy (non-hydrogen) atoms. The summed E-state index contributed by atoms with van der Waals surface area (Å²) in [7, 11) is 0. The molecule has 0 aromatic heterocycles. The van der Waals surface area contributed by atoms with Crippen molar-refractivity contribution in [3.8, 4) is 0 Å². The molecule has 5 aliphatic carbocycles. The SMILES string of the molecule is O=C1C23C=CC=CC2(C3)C23C=CC=CC12C3. The number of hydrogen-bond acceptors (Lipinski definition) is 1. The van der Waals surface area contributed by atoms with Crippen LogP contribution < -0.4 is 0 Å². The second-order valence-corrected chi connectivity index (χ2v) is 6.00. The average Bonchev–Trinajstić information content (AvgIpc) is 3.17. The lowest BCUT2D eigenvalue weighted by atomic mass is 9.78. The molecule has 0 aromatic carbocycles. The molecule has 0 amide bonds. The van der Waals surface area contributed by atoms with E-state index in [0.717, 1.165) is 12.8 Å². The van der Waals surface area contributed by atoms with Crippen molar-refractivity contribution in [2.75, 3.05) is 0 Å². The standard InChI is InChI=1S/C15H12O/c16-11-12-5-1-3-7-14(12,9-12)15-8-4-2-6-13(11,15)10-15/h1-8H,9-10H2. The van der Waals surface area contributed by atoms with E-state index >= 15 is 0 Å². The number of rotatable bonds is 0. The quantitative estimate of drug-likeness (QED) is 0.598. The van der Waals surface area contributed by atoms with Crippen LogP contribution in [0.1, 0.15) is 12.8 Å². The molecule has 5 rings (SSSR count). The number of allylic oxidation sites excluding steroid dienone is 8. The van der Waals surface area contributed by atoms with Crippen LogP contribution in [0.25, 0.3) is 0 Å². The lowest BCUT2D eigenvalue weighted by Crippen LogP contribution is -2.22. The van der Waals surface area contributed by atoms with Crippen LogP contribution in [0.15, 0.2) is 48.6 Å². The first-order valence-corrected chi connectivity index (χ1v) is 6.02. The molecule has 78 valence electrons. The van der Waals surface area contributed by atoms with Gasteiger partial charge in [0.25, 0.3) is 0 Å². The van der Waals surface area contributed by atoms with Gasteiger partial charge in [0.1, 0.15) is 0 Å². The zero-order chi connectivity index (χ0) is 10.6. The molecule has 3 fully saturated rings. The Balaban J connectivity index is 1.87. The number of hydrogen-bond donors (Lipinski definition) is 0. The molecule has 0 heterocycles. The van der Waals surface area contributed by atoms with Gasteiger partial charge >= 0.3 is 0 Å². The Kier molecular flexibility index (Phi) is 0.838. The van der Waals surface area contributed by atoms with Crippen LogP contribution in [0.3, 0.4) is 0 Å². The van der Waals surface area contributed by atoms with Crippen LogP contribution in [-0.4, -0.2) is 5.78 Å². The van der Waals surface area contributed by atoms with Crippen LogP contribution in [0, 0.1) is 21.7 Å². The fourth-order valence-corrected chi connectivity index (χ4v) is 5.03. The average molecular weight is 208 g/mol. The Morgan fingerprint density at radius 3 is 1.69 bits per heavy atom. The van der Waals surface area contributed by atoms with Crippen molar-refractivity contribution < 1.29 is 4.79 Å². The molecule has 5 aliphatic rings. The summed E-state index contributed by atoms with van der Waals surface area (Å²) >= 11 is 0. The highest BCUT2D eigenvalue weighted by molar-refractivity contribution is 6.07. The van der Waals surface area contributed by atoms with Crippen LogP contribution in [0.4, 0.5) is 0 Å². The topological polar surface area (TPSA) is 17.1 Å². The van der Waals surface area contributed by atoms with Crippen LogP contribution in [0.2, 0.25) is 0 Å². The normalized spacial score (nSPS) is 61.4. The zero-order valence-corrected chi connectivity index (χ0v) is 8.94. The Bertz CT molecular complexity index is 528. The van der Waals surface area contributed by atoms with Gasteiger partial charge in [-0.15, -0.1) is 0 Å². The predicted molar refractivity (Wildman–Crippen MR) is 60.5 cm³/mol. The maximum absolute atomic E-state index is 12.7. The molecule has 4 unspecified atom stereocenters. The minimum Gasteiger partial charge on any atom is -0.298 e. The van der Waals surface area contributed by atoms with E-state index in [1.54, 1.807) is 0 Å². The summed E-state index contributed by atoms with van der Waals surface area (Å²) in [6.07, 6.45) is 19.4. The van der Waals surface area contributed by atoms with Gasteiger partial charge in [-0.05, 0) is 12.8 Å². The van der Waals surface area contributed by atoms with Crippen molar-refractivity contribution in [3.63, 3.8) is 0 Å². The second kappa shape index (κ2) is 1.71. The molecule has 4 atom stereocenters. The maximum atomic E-state index is 12.7. The first-order chi connectivity index (χ1) is 7.73. The molecule has 0 saturated heterocycles. The van der Waals surface area contributed by atoms with E-state index in [9.17, 15) is 4.79 Å². The monoisotopic (exact) mass is 208 g/mol. The van der Waals surface area contributed by atoms with E-state index in [2.05, 4.69) is 48.6 Å². The molecular weight excluding hydrogens is 196 g/mol. The van der Waals surface area contributed by atoms with Gasteiger partial charge in [-0.3, -0.25) is 4.79 Å². The Morgan fingerprint density at radius 1 is 0.750 bits per heavy atom. The highest BCUT2D eigenvalue weighted by Gasteiger charge is 2.96. The third-order valence-electron chi connectivity index (χ3n) is 5.81. The highest BCUT2D eigenvalue weighted by atomic mass is 16.1. The van der Waals surface area contributed by atoms with Crippen LogP contribution in [-0.2, 0) is 4.79 Å². The zero-order valence-electron chi connectivity index (χ0n) is 8.94. The molecule has 3 saturated carbocycles. The minimum absolute atomic E-state index is 0.126. The summed E-state index contributed by atoms with van der Waals surface area (Å²) in [5.41, 5.74) is 0.0399. The fourth-order valence-electron chi connectivity index (χ4n) is 5.03. The summed E-state index contributed by atoms with van der Waals surface area (Å²) in [5.74, 6) is 0.487. The van der Waals surface area contributed by atoms with E-state index in [1.807, 2.05) is 0 Å². The van der Waals surface area contributed by atoms with Gasteiger partial charge in [-0.1, -0.05) is 48.6 Å². The lowest BCUT2D eigenvalue weighted by Gasteiger charge is -2.24. The van der Waals surface area contributed by atoms with Crippen molar-refractivity contribution in [2.45, 2.75) is 12.8 Å². The molecule has 1 heteroatoms. The van der Waals surface area contributed by atoms with Crippen molar-refractivity contribution >= 4 is 5.78 Å². The van der Waals surface area contributed by atoms with Crippen LogP contribution >= 0.6 is 0 Å². The first kappa shape index (κ1) is 7.83. The predicted octanol–water partition coefficient (Wildman–Crippen LogP) is 2.57. The van der Waals surface area contributed by atoms with Crippen molar-refractivity contribution in [1.29, 1.82) is 0 Å². The van der Waals surface area contributed by atoms with E-state index in [0.29, 0.717) is 5.78 Å². The van der Waals surface area contributed by atoms with Gasteiger partial charge in [-0.25, -0.2) is 0 Å². The molecule has 0 aliphatic heterocycles. The van der Waals surface area contributed by atoms with Gasteiger partial charge in [0.2, 0.25) is 0 Å². The lowest BCUT2D eigenvalue weighted by molar-refractivity contribution is -0.125. The number of carbonyl (C=O) groups excluding carboxylic acids is 1. The summed E-state index contributed by atoms with van der Waals surface area (Å²) in [6, 6.07) is 0. The van der Waals surface area contributed by atoms with E-state index in [-0.39, 0.29) is 21.7 Å². The van der Waals surface area contributed by atoms with Crippen LogP contribution in [0.5, 0.6) is 0 Å². The van der Waals surface area contributed by atoms with Crippen molar-refractivity contribution in [3.05, 3.63) is 48.6 Å². The van der Waals surface area contributed by atoms with E-state index < -0.39 is 0 Å². The molecule has 0 aromatic rings. The van der Waals surface area contributed by atoms with Crippen molar-refractivity contribution in [1.82, 2.24) is 0 Å². The molecule has 0 bridgehead atoms. The summed E-state index contributed by atoms with van der Waals surface area (Å²) in [5, 5.41) is 0. The summed E-state index contributed by atoms with van der Waals surface area (Å²) in [6.45, 7) is 0. The van der Waals surface area contributed by atoms with Gasteiger partial charge in [0.15, 0.2) is 5.78 Å². The Labute approximate surface area is 94.2 Å². The Hall–Kier alpha value is -1.37. The fraction of sp³-hybridized carbons (Fsp3) is 0.400. The molecule has 0 N–H and O–H groups in total. The Morgan fingerprint density at radius 2 is 1.19 bits per heavy atom. The molecule has 0 spiro atoms. The van der Waals surface area contributed by atoms with Gasteiger partial charge in [-0.2, -0.15) is 0 Å². The summed E-state index contributed by atoms with van der Waals surface area (Å²) < 4.78 is 0. The summed E-state index contributed by atoms with van der Waals surface area (Å²) in [4.78, 5) is 12.7. The molecular formula is C15H12O. The largest absolute Gasteiger partial charge is 0.298 e. The number of Topliss-reactive ketones (excluding diaryl/α,β-unsaturated/α-hetero) is 1. The maximum Gasteiger partial charge on any atom is 0.154 e.